The first-order valence-corrected chi connectivity index (χ1v) is 8.95. The molecule has 1 heterocycles. The first-order valence-electron chi connectivity index (χ1n) is 8.95. The summed E-state index contributed by atoms with van der Waals surface area (Å²) >= 11 is 0. The number of rotatable bonds is 5. The third kappa shape index (κ3) is 4.10. The van der Waals surface area contributed by atoms with E-state index in [0.717, 1.165) is 43.4 Å². The van der Waals surface area contributed by atoms with Crippen molar-refractivity contribution in [2.24, 2.45) is 5.16 Å². The molecular weight excluding hydrogens is 314 g/mol. The lowest BCUT2D eigenvalue weighted by atomic mass is 9.92. The maximum absolute atomic E-state index is 11.9. The Morgan fingerprint density at radius 2 is 2.08 bits per heavy atom. The van der Waals surface area contributed by atoms with Gasteiger partial charge in [-0.2, -0.15) is 0 Å². The summed E-state index contributed by atoms with van der Waals surface area (Å²) in [6.07, 6.45) is 4.11. The summed E-state index contributed by atoms with van der Waals surface area (Å²) in [6, 6.07) is 10.0. The normalized spacial score (nSPS) is 15.0. The minimum Gasteiger partial charge on any atom is -0.362 e. The van der Waals surface area contributed by atoms with E-state index in [4.69, 9.17) is 4.84 Å². The topological polar surface area (TPSA) is 66.5 Å². The summed E-state index contributed by atoms with van der Waals surface area (Å²) < 4.78 is 0. The second-order valence-corrected chi connectivity index (χ2v) is 6.37. The molecule has 0 spiro atoms. The van der Waals surface area contributed by atoms with Crippen LogP contribution in [0.4, 0.5) is 4.79 Å². The number of H-pyrrole nitrogens is 1. The first kappa shape index (κ1) is 17.3. The minimum absolute atomic E-state index is 0.499. The molecule has 132 valence electrons. The van der Waals surface area contributed by atoms with E-state index in [9.17, 15) is 4.79 Å². The number of hydrogen-bond donors (Lipinski definition) is 2. The number of hydrogen-bond acceptors (Lipinski definition) is 3. The lowest BCUT2D eigenvalue weighted by Gasteiger charge is -2.15. The van der Waals surface area contributed by atoms with Gasteiger partial charge in [0.25, 0.3) is 0 Å². The number of fused-ring (bicyclic) bond motifs is 1. The highest BCUT2D eigenvalue weighted by Crippen LogP contribution is 2.27. The molecule has 1 aromatic heterocycles. The SMILES string of the molecule is CCc1c(C)[nH]c2c1/C(=N/OC(=O)NCCc1ccccc1)CCC2. The second-order valence-electron chi connectivity index (χ2n) is 6.37. The molecule has 0 aliphatic heterocycles. The van der Waals surface area contributed by atoms with E-state index in [0.29, 0.717) is 6.54 Å². The summed E-state index contributed by atoms with van der Waals surface area (Å²) in [5.74, 6) is 0. The van der Waals surface area contributed by atoms with Gasteiger partial charge in [0.15, 0.2) is 0 Å². The van der Waals surface area contributed by atoms with Crippen molar-refractivity contribution in [3.8, 4) is 0 Å². The maximum Gasteiger partial charge on any atom is 0.433 e. The standard InChI is InChI=1S/C20H25N3O2/c1-3-16-14(2)22-17-10-7-11-18(19(16)17)23-25-20(24)21-13-12-15-8-5-4-6-9-15/h4-6,8-9,22H,3,7,10-13H2,1-2H3,(H,21,24)/b23-18+. The number of aromatic nitrogens is 1. The average Bonchev–Trinajstić information content (AvgIpc) is 2.96. The molecule has 0 saturated carbocycles. The zero-order valence-electron chi connectivity index (χ0n) is 14.9. The Morgan fingerprint density at radius 1 is 1.28 bits per heavy atom. The molecule has 0 unspecified atom stereocenters. The van der Waals surface area contributed by atoms with Gasteiger partial charge >= 0.3 is 6.09 Å². The van der Waals surface area contributed by atoms with E-state index < -0.39 is 6.09 Å². The zero-order chi connectivity index (χ0) is 17.6. The van der Waals surface area contributed by atoms with Gasteiger partial charge in [-0.15, -0.1) is 0 Å². The highest BCUT2D eigenvalue weighted by atomic mass is 16.7. The fraction of sp³-hybridized carbons (Fsp3) is 0.400. The third-order valence-corrected chi connectivity index (χ3v) is 4.64. The Hall–Kier alpha value is -2.56. The molecule has 1 amide bonds. The fourth-order valence-corrected chi connectivity index (χ4v) is 3.44. The maximum atomic E-state index is 11.9. The fourth-order valence-electron chi connectivity index (χ4n) is 3.44. The molecule has 0 saturated heterocycles. The van der Waals surface area contributed by atoms with Crippen LogP contribution in [0.15, 0.2) is 35.5 Å². The number of aryl methyl sites for hydroxylation is 2. The quantitative estimate of drug-likeness (QED) is 0.641. The summed E-state index contributed by atoms with van der Waals surface area (Å²) in [4.78, 5) is 20.5. The molecule has 0 atom stereocenters. The molecule has 0 fully saturated rings. The van der Waals surface area contributed by atoms with Gasteiger partial charge in [0, 0.05) is 23.5 Å². The first-order chi connectivity index (χ1) is 12.2. The lowest BCUT2D eigenvalue weighted by Crippen LogP contribution is -2.26. The van der Waals surface area contributed by atoms with Crippen molar-refractivity contribution in [2.75, 3.05) is 6.54 Å². The van der Waals surface area contributed by atoms with E-state index in [2.05, 4.69) is 29.3 Å². The molecule has 5 heteroatoms. The van der Waals surface area contributed by atoms with E-state index in [1.165, 1.54) is 22.5 Å². The molecule has 5 nitrogen and oxygen atoms in total. The van der Waals surface area contributed by atoms with Crippen molar-refractivity contribution in [1.82, 2.24) is 10.3 Å². The summed E-state index contributed by atoms with van der Waals surface area (Å²) in [6.45, 7) is 4.76. The molecule has 25 heavy (non-hydrogen) atoms. The molecule has 2 aromatic rings. The predicted octanol–water partition coefficient (Wildman–Crippen LogP) is 3.89. The number of nitrogens with one attached hydrogen (secondary N) is 2. The van der Waals surface area contributed by atoms with E-state index >= 15 is 0 Å². The van der Waals surface area contributed by atoms with Crippen molar-refractivity contribution in [3.05, 3.63) is 58.4 Å². The Kier molecular flexibility index (Phi) is 5.53. The van der Waals surface area contributed by atoms with Gasteiger partial charge in [-0.1, -0.05) is 42.4 Å². The van der Waals surface area contributed by atoms with E-state index in [1.54, 1.807) is 0 Å². The highest BCUT2D eigenvalue weighted by Gasteiger charge is 2.23. The van der Waals surface area contributed by atoms with Gasteiger partial charge in [-0.05, 0) is 50.2 Å². The molecule has 3 rings (SSSR count). The minimum atomic E-state index is -0.499. The number of nitrogens with zero attached hydrogens (tertiary/aromatic N) is 1. The van der Waals surface area contributed by atoms with Crippen LogP contribution in [-0.2, 0) is 24.1 Å². The van der Waals surface area contributed by atoms with Crippen LogP contribution in [0.25, 0.3) is 0 Å². The molecule has 1 aromatic carbocycles. The second kappa shape index (κ2) is 8.01. The van der Waals surface area contributed by atoms with Crippen LogP contribution in [0.3, 0.4) is 0 Å². The van der Waals surface area contributed by atoms with Gasteiger partial charge < -0.3 is 10.3 Å². The van der Waals surface area contributed by atoms with Crippen LogP contribution < -0.4 is 5.32 Å². The van der Waals surface area contributed by atoms with E-state index in [1.807, 2.05) is 30.3 Å². The highest BCUT2D eigenvalue weighted by molar-refractivity contribution is 6.04. The van der Waals surface area contributed by atoms with Gasteiger partial charge in [-0.3, -0.25) is 4.84 Å². The molecule has 1 aliphatic rings. The monoisotopic (exact) mass is 339 g/mol. The largest absolute Gasteiger partial charge is 0.433 e. The van der Waals surface area contributed by atoms with Gasteiger partial charge in [0.2, 0.25) is 0 Å². The Balaban J connectivity index is 1.58. The van der Waals surface area contributed by atoms with Crippen LogP contribution in [0.2, 0.25) is 0 Å². The summed E-state index contributed by atoms with van der Waals surface area (Å²) in [7, 11) is 0. The summed E-state index contributed by atoms with van der Waals surface area (Å²) in [5, 5.41) is 6.91. The van der Waals surface area contributed by atoms with Crippen molar-refractivity contribution in [3.63, 3.8) is 0 Å². The van der Waals surface area contributed by atoms with Crippen LogP contribution in [0.1, 0.15) is 47.8 Å². The molecule has 0 bridgehead atoms. The smallest absolute Gasteiger partial charge is 0.362 e. The Morgan fingerprint density at radius 3 is 2.84 bits per heavy atom. The number of amides is 1. The Labute approximate surface area is 148 Å². The number of benzene rings is 1. The number of carbonyl (C=O) groups excluding carboxylic acids is 1. The van der Waals surface area contributed by atoms with Gasteiger partial charge in [-0.25, -0.2) is 4.79 Å². The van der Waals surface area contributed by atoms with E-state index in [-0.39, 0.29) is 0 Å². The average molecular weight is 339 g/mol. The zero-order valence-corrected chi connectivity index (χ0v) is 14.9. The number of carbonyl (C=O) groups is 1. The van der Waals surface area contributed by atoms with Gasteiger partial charge in [0.05, 0.1) is 5.71 Å². The van der Waals surface area contributed by atoms with Gasteiger partial charge in [0.1, 0.15) is 0 Å². The van der Waals surface area contributed by atoms with Crippen LogP contribution in [0.5, 0.6) is 0 Å². The van der Waals surface area contributed by atoms with Crippen molar-refractivity contribution in [2.45, 2.75) is 46.0 Å². The third-order valence-electron chi connectivity index (χ3n) is 4.64. The molecule has 1 aliphatic carbocycles. The predicted molar refractivity (Wildman–Crippen MR) is 99.0 cm³/mol. The van der Waals surface area contributed by atoms with Crippen LogP contribution >= 0.6 is 0 Å². The Bertz CT molecular complexity index is 763. The number of aromatic amines is 1. The van der Waals surface area contributed by atoms with Crippen molar-refractivity contribution >= 4 is 11.8 Å². The van der Waals surface area contributed by atoms with Crippen molar-refractivity contribution < 1.29 is 9.63 Å². The molecule has 2 N–H and O–H groups in total. The number of oxime groups is 1. The van der Waals surface area contributed by atoms with Crippen LogP contribution in [-0.4, -0.2) is 23.3 Å². The lowest BCUT2D eigenvalue weighted by molar-refractivity contribution is 0.150. The molecule has 0 radical (unpaired) electrons. The van der Waals surface area contributed by atoms with Crippen molar-refractivity contribution in [1.29, 1.82) is 0 Å². The summed E-state index contributed by atoms with van der Waals surface area (Å²) in [5.41, 5.74) is 6.90. The molecular formula is C20H25N3O2. The van der Waals surface area contributed by atoms with Crippen LogP contribution in [0, 0.1) is 6.92 Å².